The van der Waals surface area contributed by atoms with Crippen molar-refractivity contribution in [2.75, 3.05) is 46.8 Å². The lowest BCUT2D eigenvalue weighted by Crippen LogP contribution is -2.40. The second kappa shape index (κ2) is 11.3. The van der Waals surface area contributed by atoms with Crippen molar-refractivity contribution in [1.82, 2.24) is 20.4 Å². The van der Waals surface area contributed by atoms with Crippen molar-refractivity contribution in [3.8, 4) is 0 Å². The number of likely N-dealkylation sites (N-methyl/N-ethyl adjacent to an activating group) is 1. The Morgan fingerprint density at radius 2 is 2.08 bits per heavy atom. The highest BCUT2D eigenvalue weighted by molar-refractivity contribution is 5.79. The molecule has 0 saturated carbocycles. The highest BCUT2D eigenvalue weighted by Gasteiger charge is 2.19. The zero-order chi connectivity index (χ0) is 17.9. The van der Waals surface area contributed by atoms with Gasteiger partial charge in [0.15, 0.2) is 5.96 Å². The SMILES string of the molecule is CCNC(=NCC(CC(C)C)N(C)C)NCCCN1CCCC1=O. The van der Waals surface area contributed by atoms with Crippen LogP contribution in [0.15, 0.2) is 4.99 Å². The largest absolute Gasteiger partial charge is 0.357 e. The number of hydrogen-bond acceptors (Lipinski definition) is 3. The van der Waals surface area contributed by atoms with Gasteiger partial charge >= 0.3 is 0 Å². The molecule has 1 heterocycles. The number of nitrogens with one attached hydrogen (secondary N) is 2. The molecule has 1 atom stereocenters. The van der Waals surface area contributed by atoms with Crippen molar-refractivity contribution in [3.63, 3.8) is 0 Å². The topological polar surface area (TPSA) is 60.0 Å². The first kappa shape index (κ1) is 20.7. The van der Waals surface area contributed by atoms with Gasteiger partial charge in [-0.1, -0.05) is 13.8 Å². The Bertz CT molecular complexity index is 395. The molecule has 0 bridgehead atoms. The van der Waals surface area contributed by atoms with Crippen LogP contribution in [-0.2, 0) is 4.79 Å². The van der Waals surface area contributed by atoms with Crippen molar-refractivity contribution >= 4 is 11.9 Å². The van der Waals surface area contributed by atoms with Gasteiger partial charge in [0.1, 0.15) is 0 Å². The summed E-state index contributed by atoms with van der Waals surface area (Å²) in [5, 5.41) is 6.70. The van der Waals surface area contributed by atoms with Crippen LogP contribution >= 0.6 is 0 Å². The van der Waals surface area contributed by atoms with Gasteiger partial charge in [-0.3, -0.25) is 9.79 Å². The van der Waals surface area contributed by atoms with Crippen LogP contribution in [0.1, 0.15) is 46.5 Å². The molecular weight excluding hydrogens is 302 g/mol. The van der Waals surface area contributed by atoms with Crippen molar-refractivity contribution in [2.24, 2.45) is 10.9 Å². The van der Waals surface area contributed by atoms with Crippen LogP contribution in [0.3, 0.4) is 0 Å². The number of carbonyl (C=O) groups excluding carboxylic acids is 1. The van der Waals surface area contributed by atoms with E-state index >= 15 is 0 Å². The molecule has 0 aromatic heterocycles. The summed E-state index contributed by atoms with van der Waals surface area (Å²) in [7, 11) is 4.24. The first-order valence-electron chi connectivity index (χ1n) is 9.40. The van der Waals surface area contributed by atoms with Gasteiger partial charge < -0.3 is 20.4 Å². The molecule has 1 aliphatic heterocycles. The van der Waals surface area contributed by atoms with Gasteiger partial charge in [0.25, 0.3) is 0 Å². The number of hydrogen-bond donors (Lipinski definition) is 2. The fourth-order valence-corrected chi connectivity index (χ4v) is 2.95. The van der Waals surface area contributed by atoms with Gasteiger partial charge in [0.05, 0.1) is 6.54 Å². The normalized spacial score (nSPS) is 17.0. The van der Waals surface area contributed by atoms with E-state index in [1.165, 1.54) is 0 Å². The second-order valence-electron chi connectivity index (χ2n) is 7.23. The lowest BCUT2D eigenvalue weighted by Gasteiger charge is -2.25. The van der Waals surface area contributed by atoms with Crippen LogP contribution < -0.4 is 10.6 Å². The minimum atomic E-state index is 0.304. The van der Waals surface area contributed by atoms with Crippen LogP contribution in [-0.4, -0.2) is 74.5 Å². The molecule has 2 N–H and O–H groups in total. The lowest BCUT2D eigenvalue weighted by molar-refractivity contribution is -0.127. The van der Waals surface area contributed by atoms with Gasteiger partial charge in [-0.05, 0) is 46.2 Å². The fourth-order valence-electron chi connectivity index (χ4n) is 2.95. The Morgan fingerprint density at radius 1 is 1.33 bits per heavy atom. The number of aliphatic imine (C=N–C) groups is 1. The average Bonchev–Trinajstić information content (AvgIpc) is 2.92. The molecule has 1 fully saturated rings. The van der Waals surface area contributed by atoms with Crippen LogP contribution in [0.25, 0.3) is 0 Å². The quantitative estimate of drug-likeness (QED) is 0.360. The van der Waals surface area contributed by atoms with Crippen molar-refractivity contribution < 1.29 is 4.79 Å². The summed E-state index contributed by atoms with van der Waals surface area (Å²) in [5.74, 6) is 1.85. The first-order valence-corrected chi connectivity index (χ1v) is 9.40. The van der Waals surface area contributed by atoms with Crippen LogP contribution in [0.2, 0.25) is 0 Å². The highest BCUT2D eigenvalue weighted by Crippen LogP contribution is 2.10. The predicted octanol–water partition coefficient (Wildman–Crippen LogP) is 1.53. The molecule has 6 heteroatoms. The molecule has 1 unspecified atom stereocenters. The van der Waals surface area contributed by atoms with Crippen molar-refractivity contribution in [2.45, 2.75) is 52.5 Å². The zero-order valence-corrected chi connectivity index (χ0v) is 16.3. The van der Waals surface area contributed by atoms with E-state index in [2.05, 4.69) is 50.4 Å². The Balaban J connectivity index is 2.39. The smallest absolute Gasteiger partial charge is 0.222 e. The zero-order valence-electron chi connectivity index (χ0n) is 16.3. The maximum absolute atomic E-state index is 11.6. The maximum Gasteiger partial charge on any atom is 0.222 e. The molecule has 140 valence electrons. The van der Waals surface area contributed by atoms with E-state index in [9.17, 15) is 4.79 Å². The Hall–Kier alpha value is -1.30. The van der Waals surface area contributed by atoms with Crippen LogP contribution in [0, 0.1) is 5.92 Å². The molecule has 1 rings (SSSR count). The van der Waals surface area contributed by atoms with E-state index in [4.69, 9.17) is 4.99 Å². The summed E-state index contributed by atoms with van der Waals surface area (Å²) in [5.41, 5.74) is 0. The summed E-state index contributed by atoms with van der Waals surface area (Å²) < 4.78 is 0. The van der Waals surface area contributed by atoms with Gasteiger partial charge in [0, 0.05) is 38.6 Å². The van der Waals surface area contributed by atoms with E-state index < -0.39 is 0 Å². The van der Waals surface area contributed by atoms with Crippen molar-refractivity contribution in [3.05, 3.63) is 0 Å². The molecule has 0 radical (unpaired) electrons. The summed E-state index contributed by atoms with van der Waals surface area (Å²) in [4.78, 5) is 20.6. The van der Waals surface area contributed by atoms with Gasteiger partial charge in [-0.2, -0.15) is 0 Å². The third-order valence-electron chi connectivity index (χ3n) is 4.35. The summed E-state index contributed by atoms with van der Waals surface area (Å²) >= 11 is 0. The van der Waals surface area contributed by atoms with E-state index in [-0.39, 0.29) is 0 Å². The number of carbonyl (C=O) groups is 1. The van der Waals surface area contributed by atoms with E-state index in [1.54, 1.807) is 0 Å². The Morgan fingerprint density at radius 3 is 2.62 bits per heavy atom. The molecule has 0 spiro atoms. The molecule has 0 aromatic carbocycles. The number of rotatable bonds is 10. The number of likely N-dealkylation sites (tertiary alicyclic amines) is 1. The monoisotopic (exact) mass is 339 g/mol. The highest BCUT2D eigenvalue weighted by atomic mass is 16.2. The van der Waals surface area contributed by atoms with Gasteiger partial charge in [-0.15, -0.1) is 0 Å². The summed E-state index contributed by atoms with van der Waals surface area (Å²) in [6.07, 6.45) is 3.84. The molecule has 0 aliphatic carbocycles. The average molecular weight is 340 g/mol. The van der Waals surface area contributed by atoms with Crippen molar-refractivity contribution in [1.29, 1.82) is 0 Å². The number of guanidine groups is 1. The fraction of sp³-hybridized carbons (Fsp3) is 0.889. The predicted molar refractivity (Wildman–Crippen MR) is 101 cm³/mol. The Kier molecular flexibility index (Phi) is 9.76. The minimum Gasteiger partial charge on any atom is -0.357 e. The number of amides is 1. The molecular formula is C18H37N5O. The van der Waals surface area contributed by atoms with E-state index in [0.29, 0.717) is 17.9 Å². The molecule has 1 aliphatic rings. The molecule has 1 amide bonds. The summed E-state index contributed by atoms with van der Waals surface area (Å²) in [6, 6.07) is 0.461. The van der Waals surface area contributed by atoms with E-state index in [1.807, 2.05) is 4.90 Å². The maximum atomic E-state index is 11.6. The molecule has 1 saturated heterocycles. The molecule has 6 nitrogen and oxygen atoms in total. The summed E-state index contributed by atoms with van der Waals surface area (Å²) in [6.45, 7) is 10.8. The molecule has 24 heavy (non-hydrogen) atoms. The minimum absolute atomic E-state index is 0.304. The molecule has 0 aromatic rings. The van der Waals surface area contributed by atoms with Crippen LogP contribution in [0.4, 0.5) is 0 Å². The Labute approximate surface area is 148 Å². The van der Waals surface area contributed by atoms with Gasteiger partial charge in [0.2, 0.25) is 5.91 Å². The third kappa shape index (κ3) is 7.99. The first-order chi connectivity index (χ1) is 11.4. The second-order valence-corrected chi connectivity index (χ2v) is 7.23. The lowest BCUT2D eigenvalue weighted by atomic mass is 10.0. The third-order valence-corrected chi connectivity index (χ3v) is 4.35. The standard InChI is InChI=1S/C18H37N5O/c1-6-19-18(21-14-16(22(4)5)13-15(2)3)20-10-8-12-23-11-7-9-17(23)24/h15-16H,6-14H2,1-5H3,(H2,19,20,21). The van der Waals surface area contributed by atoms with E-state index in [0.717, 1.165) is 64.4 Å². The van der Waals surface area contributed by atoms with Gasteiger partial charge in [-0.25, -0.2) is 0 Å². The number of nitrogens with zero attached hydrogens (tertiary/aromatic N) is 3. The van der Waals surface area contributed by atoms with Crippen LogP contribution in [0.5, 0.6) is 0 Å².